The van der Waals surface area contributed by atoms with E-state index in [0.717, 1.165) is 7.28 Å². The summed E-state index contributed by atoms with van der Waals surface area (Å²) in [4.78, 5) is 6.80. The van der Waals surface area contributed by atoms with Crippen molar-refractivity contribution in [1.82, 2.24) is 4.98 Å². The highest BCUT2D eigenvalue weighted by Gasteiger charge is 2.42. The number of para-hydroxylation sites is 1. The molecule has 3 heteroatoms. The molecule has 0 radical (unpaired) electrons. The molecule has 0 saturated heterocycles. The Bertz CT molecular complexity index is 3210. The number of nitrogens with zero attached hydrogens (tertiary/aromatic N) is 1. The van der Waals surface area contributed by atoms with Crippen LogP contribution in [0.2, 0.25) is 0 Å². The molecular formula is C57H53BN2. The number of hydrogen-bond acceptors (Lipinski definition) is 1. The fraction of sp³-hybridized carbons (Fsp3) is 0.263. The number of rotatable bonds is 2. The minimum absolute atomic E-state index is 0.0836. The summed E-state index contributed by atoms with van der Waals surface area (Å²) in [5, 5.41) is 3.88. The van der Waals surface area contributed by atoms with Crippen LogP contribution in [0.15, 0.2) is 121 Å². The van der Waals surface area contributed by atoms with Crippen LogP contribution in [0.3, 0.4) is 0 Å². The normalized spacial score (nSPS) is 17.9. The number of aromatic amines is 1. The zero-order chi connectivity index (χ0) is 41.2. The maximum absolute atomic E-state index is 4.12. The Kier molecular flexibility index (Phi) is 7.05. The largest absolute Gasteiger partial charge is 0.357 e. The van der Waals surface area contributed by atoms with E-state index >= 15 is 0 Å². The number of H-pyrrole nitrogens is 1. The fourth-order valence-electron chi connectivity index (χ4n) is 12.3. The Labute approximate surface area is 355 Å². The van der Waals surface area contributed by atoms with Crippen molar-refractivity contribution in [3.05, 3.63) is 160 Å². The highest BCUT2D eigenvalue weighted by atomic mass is 15.2. The Morgan fingerprint density at radius 2 is 1.13 bits per heavy atom. The maximum Gasteiger partial charge on any atom is 0.198 e. The molecule has 8 aromatic rings. The summed E-state index contributed by atoms with van der Waals surface area (Å²) in [7, 11) is 0.856. The molecule has 2 nitrogen and oxygen atoms in total. The van der Waals surface area contributed by atoms with Gasteiger partial charge in [0.05, 0.1) is 5.52 Å². The molecule has 0 fully saturated rings. The molecule has 3 aliphatic carbocycles. The second-order valence-electron chi connectivity index (χ2n) is 20.9. The van der Waals surface area contributed by atoms with Crippen molar-refractivity contribution in [2.24, 2.45) is 0 Å². The average Bonchev–Trinajstić information content (AvgIpc) is 3.81. The summed E-state index contributed by atoms with van der Waals surface area (Å²) in [6.07, 6.45) is 2.39. The van der Waals surface area contributed by atoms with Crippen molar-refractivity contribution in [3.8, 4) is 33.4 Å². The molecule has 4 aliphatic rings. The molecule has 0 atom stereocenters. The van der Waals surface area contributed by atoms with Crippen LogP contribution in [0, 0.1) is 6.92 Å². The van der Waals surface area contributed by atoms with Crippen LogP contribution < -0.4 is 15.8 Å². The van der Waals surface area contributed by atoms with Gasteiger partial charge in [-0.15, -0.1) is 0 Å². The first-order chi connectivity index (χ1) is 28.7. The van der Waals surface area contributed by atoms with Crippen molar-refractivity contribution in [3.63, 3.8) is 0 Å². The summed E-state index contributed by atoms with van der Waals surface area (Å²) in [5.41, 5.74) is 25.9. The van der Waals surface area contributed by atoms with Gasteiger partial charge < -0.3 is 9.88 Å². The molecule has 0 amide bonds. The van der Waals surface area contributed by atoms with E-state index < -0.39 is 0 Å². The number of hydrogen-bond donors (Lipinski definition) is 1. The first-order valence-corrected chi connectivity index (χ1v) is 22.2. The molecule has 0 bridgehead atoms. The van der Waals surface area contributed by atoms with Gasteiger partial charge in [0, 0.05) is 50.1 Å². The molecule has 7 aromatic carbocycles. The van der Waals surface area contributed by atoms with Gasteiger partial charge in [-0.3, -0.25) is 0 Å². The molecule has 2 heterocycles. The topological polar surface area (TPSA) is 19.0 Å². The third-order valence-electron chi connectivity index (χ3n) is 15.8. The molecular weight excluding hydrogens is 723 g/mol. The van der Waals surface area contributed by atoms with Gasteiger partial charge in [0.2, 0.25) is 0 Å². The van der Waals surface area contributed by atoms with Crippen molar-refractivity contribution >= 4 is 56.9 Å². The lowest BCUT2D eigenvalue weighted by Crippen LogP contribution is -2.42. The van der Waals surface area contributed by atoms with E-state index in [1.165, 1.54) is 135 Å². The van der Waals surface area contributed by atoms with Crippen LogP contribution in [0.1, 0.15) is 107 Å². The van der Waals surface area contributed by atoms with Gasteiger partial charge in [-0.1, -0.05) is 164 Å². The van der Waals surface area contributed by atoms with Gasteiger partial charge in [0.25, 0.3) is 0 Å². The summed E-state index contributed by atoms with van der Waals surface area (Å²) >= 11 is 0. The Morgan fingerprint density at radius 3 is 1.90 bits per heavy atom. The SMILES string of the molecule is Cc1cc2c(cc1N1c3cc4c(cc3Bc3c1cc1ccccc1c3-c1cccc3c5c([nH]c13)C(C)(C)c1ccccc1-5)C(C)(C)c1ccccc1-4)C(C)(C)CCC2(C)C. The summed E-state index contributed by atoms with van der Waals surface area (Å²) in [5.74, 6) is 0. The summed E-state index contributed by atoms with van der Waals surface area (Å²) < 4.78 is 0. The fourth-order valence-corrected chi connectivity index (χ4v) is 12.3. The molecule has 294 valence electrons. The van der Waals surface area contributed by atoms with Crippen molar-refractivity contribution < 1.29 is 0 Å². The Hall–Kier alpha value is -5.80. The first-order valence-electron chi connectivity index (χ1n) is 22.2. The van der Waals surface area contributed by atoms with Gasteiger partial charge in [0.1, 0.15) is 0 Å². The lowest BCUT2D eigenvalue weighted by Gasteiger charge is -2.44. The van der Waals surface area contributed by atoms with Crippen molar-refractivity contribution in [2.75, 3.05) is 4.90 Å². The predicted octanol–water partition coefficient (Wildman–Crippen LogP) is 13.4. The van der Waals surface area contributed by atoms with Crippen molar-refractivity contribution in [2.45, 2.75) is 96.8 Å². The number of fused-ring (bicyclic) bond motifs is 12. The van der Waals surface area contributed by atoms with E-state index in [1.54, 1.807) is 0 Å². The molecule has 0 saturated carbocycles. The van der Waals surface area contributed by atoms with Crippen LogP contribution in [-0.2, 0) is 21.7 Å². The number of aromatic nitrogens is 1. The first kappa shape index (κ1) is 36.1. The smallest absolute Gasteiger partial charge is 0.198 e. The number of nitrogens with one attached hydrogen (secondary N) is 1. The lowest BCUT2D eigenvalue weighted by atomic mass is 9.56. The summed E-state index contributed by atoms with van der Waals surface area (Å²) in [6.45, 7) is 21.8. The molecule has 1 aliphatic heterocycles. The third kappa shape index (κ3) is 4.62. The zero-order valence-corrected chi connectivity index (χ0v) is 36.6. The van der Waals surface area contributed by atoms with Gasteiger partial charge in [0.15, 0.2) is 7.28 Å². The molecule has 0 unspecified atom stereocenters. The highest BCUT2D eigenvalue weighted by Crippen LogP contribution is 2.55. The number of aryl methyl sites for hydroxylation is 1. The van der Waals surface area contributed by atoms with E-state index in [2.05, 4.69) is 194 Å². The van der Waals surface area contributed by atoms with Crippen LogP contribution in [0.25, 0.3) is 55.1 Å². The van der Waals surface area contributed by atoms with E-state index in [1.807, 2.05) is 0 Å². The number of benzene rings is 7. The quantitative estimate of drug-likeness (QED) is 0.173. The van der Waals surface area contributed by atoms with E-state index in [9.17, 15) is 0 Å². The zero-order valence-electron chi connectivity index (χ0n) is 36.6. The molecule has 12 rings (SSSR count). The van der Waals surface area contributed by atoms with Gasteiger partial charge in [-0.25, -0.2) is 0 Å². The Morgan fingerprint density at radius 1 is 0.500 bits per heavy atom. The summed E-state index contributed by atoms with van der Waals surface area (Å²) in [6, 6.07) is 47.1. The minimum atomic E-state index is -0.118. The van der Waals surface area contributed by atoms with Crippen LogP contribution in [0.5, 0.6) is 0 Å². The minimum Gasteiger partial charge on any atom is -0.357 e. The van der Waals surface area contributed by atoms with Gasteiger partial charge >= 0.3 is 0 Å². The van der Waals surface area contributed by atoms with Crippen LogP contribution in [-0.4, -0.2) is 12.3 Å². The lowest BCUT2D eigenvalue weighted by molar-refractivity contribution is 0.332. The second kappa shape index (κ2) is 11.7. The molecule has 1 aromatic heterocycles. The molecule has 0 spiro atoms. The van der Waals surface area contributed by atoms with Crippen molar-refractivity contribution in [1.29, 1.82) is 0 Å². The predicted molar refractivity (Wildman–Crippen MR) is 257 cm³/mol. The molecule has 60 heavy (non-hydrogen) atoms. The number of anilines is 3. The Balaban J connectivity index is 1.18. The monoisotopic (exact) mass is 776 g/mol. The van der Waals surface area contributed by atoms with Gasteiger partial charge in [-0.05, 0) is 121 Å². The standard InChI is InChI=1S/C57H53BN2/c1-32-27-43-44(55(4,5)26-25-54(43,2)3)31-46(32)60-47-29-39-35-19-12-14-23-40(35)56(6,7)42(39)30-45(47)58-51-48(60)28-33-17-10-11-18-34(33)49(51)37-21-16-22-38-50-36-20-13-15-24-41(36)57(8,9)53(50)59-52(37)38/h10-24,27-31,58-59H,25-26H2,1-9H3. The average molecular weight is 777 g/mol. The van der Waals surface area contributed by atoms with Crippen LogP contribution >= 0.6 is 0 Å². The van der Waals surface area contributed by atoms with Gasteiger partial charge in [-0.2, -0.15) is 0 Å². The maximum atomic E-state index is 4.12. The third-order valence-corrected chi connectivity index (χ3v) is 15.8. The van der Waals surface area contributed by atoms with E-state index in [4.69, 9.17) is 0 Å². The van der Waals surface area contributed by atoms with E-state index in [0.29, 0.717) is 0 Å². The second-order valence-corrected chi connectivity index (χ2v) is 20.9. The van der Waals surface area contributed by atoms with Crippen LogP contribution in [0.4, 0.5) is 17.1 Å². The van der Waals surface area contributed by atoms with E-state index in [-0.39, 0.29) is 21.7 Å². The molecule has 1 N–H and O–H groups in total. The highest BCUT2D eigenvalue weighted by molar-refractivity contribution is 6.74.